The van der Waals surface area contributed by atoms with Gasteiger partial charge in [-0.3, -0.25) is 4.79 Å². The fourth-order valence-corrected chi connectivity index (χ4v) is 3.39. The van der Waals surface area contributed by atoms with Gasteiger partial charge in [0.25, 0.3) is 0 Å². The predicted molar refractivity (Wildman–Crippen MR) is 103 cm³/mol. The zero-order valence-electron chi connectivity index (χ0n) is 15.6. The summed E-state index contributed by atoms with van der Waals surface area (Å²) < 4.78 is 12.1. The van der Waals surface area contributed by atoms with Gasteiger partial charge in [0.2, 0.25) is 5.91 Å². The zero-order chi connectivity index (χ0) is 19.4. The average molecular weight is 387 g/mol. The van der Waals surface area contributed by atoms with Gasteiger partial charge in [0.1, 0.15) is 11.5 Å². The van der Waals surface area contributed by atoms with Crippen molar-refractivity contribution in [3.8, 4) is 17.1 Å². The number of ether oxygens (including phenoxy) is 1. The van der Waals surface area contributed by atoms with Gasteiger partial charge in [-0.1, -0.05) is 16.9 Å². The molecule has 1 atom stereocenters. The fraction of sp³-hybridized carbons (Fsp3) is 0.333. The van der Waals surface area contributed by atoms with Crippen LogP contribution in [0.2, 0.25) is 0 Å². The fourth-order valence-electron chi connectivity index (χ4n) is 2.48. The van der Waals surface area contributed by atoms with Gasteiger partial charge in [0, 0.05) is 18.2 Å². The number of nitrogens with one attached hydrogen (secondary N) is 1. The molecule has 3 aromatic rings. The number of aromatic nitrogens is 4. The van der Waals surface area contributed by atoms with Crippen LogP contribution in [0.1, 0.15) is 19.6 Å². The number of benzene rings is 1. The molecule has 0 saturated heterocycles. The number of carbonyl (C=O) groups excluding carboxylic acids is 1. The van der Waals surface area contributed by atoms with Crippen LogP contribution in [0, 0.1) is 6.92 Å². The molecule has 9 heteroatoms. The Bertz CT molecular complexity index is 919. The second kappa shape index (κ2) is 8.26. The number of rotatable bonds is 7. The van der Waals surface area contributed by atoms with E-state index in [-0.39, 0.29) is 11.2 Å². The number of thioether (sulfide) groups is 1. The minimum Gasteiger partial charge on any atom is -0.497 e. The molecule has 1 aromatic carbocycles. The Morgan fingerprint density at radius 1 is 1.33 bits per heavy atom. The first-order valence-electron chi connectivity index (χ1n) is 8.50. The summed E-state index contributed by atoms with van der Waals surface area (Å²) in [5, 5.41) is 15.4. The minimum atomic E-state index is -0.375. The highest BCUT2D eigenvalue weighted by molar-refractivity contribution is 8.00. The third-order valence-electron chi connectivity index (χ3n) is 3.91. The van der Waals surface area contributed by atoms with E-state index in [0.29, 0.717) is 23.3 Å². The van der Waals surface area contributed by atoms with Crippen LogP contribution in [-0.2, 0) is 11.3 Å². The highest BCUT2D eigenvalue weighted by atomic mass is 32.2. The molecule has 27 heavy (non-hydrogen) atoms. The predicted octanol–water partition coefficient (Wildman–Crippen LogP) is 3.39. The smallest absolute Gasteiger partial charge is 0.238 e. The molecule has 0 bridgehead atoms. The molecule has 0 fully saturated rings. The van der Waals surface area contributed by atoms with Crippen LogP contribution in [0.5, 0.6) is 5.75 Å². The lowest BCUT2D eigenvalue weighted by atomic mass is 10.2. The summed E-state index contributed by atoms with van der Waals surface area (Å²) in [7, 11) is 1.63. The minimum absolute atomic E-state index is 0.176. The van der Waals surface area contributed by atoms with Crippen molar-refractivity contribution in [1.82, 2.24) is 19.9 Å². The van der Waals surface area contributed by atoms with Gasteiger partial charge in [0.15, 0.2) is 16.8 Å². The molecule has 0 saturated carbocycles. The summed E-state index contributed by atoms with van der Waals surface area (Å²) in [6, 6.07) is 9.31. The molecule has 0 aliphatic carbocycles. The first kappa shape index (κ1) is 19.0. The van der Waals surface area contributed by atoms with Crippen molar-refractivity contribution in [3.63, 3.8) is 0 Å². The van der Waals surface area contributed by atoms with E-state index in [1.165, 1.54) is 11.8 Å². The monoisotopic (exact) mass is 387 g/mol. The second-order valence-electron chi connectivity index (χ2n) is 5.85. The Balaban J connectivity index is 1.74. The lowest BCUT2D eigenvalue weighted by Gasteiger charge is -2.11. The highest BCUT2D eigenvalue weighted by Crippen LogP contribution is 2.28. The van der Waals surface area contributed by atoms with Crippen LogP contribution in [0.3, 0.4) is 0 Å². The van der Waals surface area contributed by atoms with E-state index >= 15 is 0 Å². The van der Waals surface area contributed by atoms with E-state index in [9.17, 15) is 4.79 Å². The average Bonchev–Trinajstić information content (AvgIpc) is 3.27. The summed E-state index contributed by atoms with van der Waals surface area (Å²) in [6.45, 7) is 6.29. The quantitative estimate of drug-likeness (QED) is 0.621. The normalized spacial score (nSPS) is 12.0. The highest BCUT2D eigenvalue weighted by Gasteiger charge is 2.21. The molecule has 1 amide bonds. The van der Waals surface area contributed by atoms with Crippen LogP contribution in [-0.4, -0.2) is 38.2 Å². The SMILES string of the molecule is CCn1c(SC(C)C(=O)Nc2cc(C)on2)nnc1-c1ccc(OC)cc1. The summed E-state index contributed by atoms with van der Waals surface area (Å²) >= 11 is 1.35. The molecule has 2 aromatic heterocycles. The molecule has 0 radical (unpaired) electrons. The van der Waals surface area contributed by atoms with Crippen molar-refractivity contribution in [1.29, 1.82) is 0 Å². The Labute approximate surface area is 161 Å². The molecule has 0 spiro atoms. The molecular formula is C18H21N5O3S. The Hall–Kier alpha value is -2.81. The molecule has 2 heterocycles. The van der Waals surface area contributed by atoms with Gasteiger partial charge in [-0.15, -0.1) is 10.2 Å². The number of aryl methyl sites for hydroxylation is 1. The van der Waals surface area contributed by atoms with E-state index < -0.39 is 0 Å². The molecule has 0 aliphatic rings. The Kier molecular flexibility index (Phi) is 5.80. The van der Waals surface area contributed by atoms with Crippen LogP contribution in [0.25, 0.3) is 11.4 Å². The first-order chi connectivity index (χ1) is 13.0. The molecule has 1 N–H and O–H groups in total. The van der Waals surface area contributed by atoms with E-state index in [1.807, 2.05) is 42.7 Å². The van der Waals surface area contributed by atoms with Gasteiger partial charge in [-0.05, 0) is 45.0 Å². The van der Waals surface area contributed by atoms with Crippen molar-refractivity contribution < 1.29 is 14.1 Å². The van der Waals surface area contributed by atoms with Crippen molar-refractivity contribution in [2.24, 2.45) is 0 Å². The lowest BCUT2D eigenvalue weighted by Crippen LogP contribution is -2.23. The molecule has 142 valence electrons. The third-order valence-corrected chi connectivity index (χ3v) is 4.99. The van der Waals surface area contributed by atoms with Crippen molar-refractivity contribution >= 4 is 23.5 Å². The number of carbonyl (C=O) groups is 1. The Morgan fingerprint density at radius 2 is 2.07 bits per heavy atom. The second-order valence-corrected chi connectivity index (χ2v) is 7.16. The van der Waals surface area contributed by atoms with Crippen molar-refractivity contribution in [3.05, 3.63) is 36.1 Å². The van der Waals surface area contributed by atoms with Crippen LogP contribution < -0.4 is 10.1 Å². The van der Waals surface area contributed by atoms with Gasteiger partial charge in [-0.2, -0.15) is 0 Å². The largest absolute Gasteiger partial charge is 0.497 e. The lowest BCUT2D eigenvalue weighted by molar-refractivity contribution is -0.115. The van der Waals surface area contributed by atoms with E-state index in [1.54, 1.807) is 20.1 Å². The first-order valence-corrected chi connectivity index (χ1v) is 9.38. The van der Waals surface area contributed by atoms with Gasteiger partial charge < -0.3 is 19.1 Å². The van der Waals surface area contributed by atoms with E-state index in [2.05, 4.69) is 20.7 Å². The van der Waals surface area contributed by atoms with Gasteiger partial charge in [-0.25, -0.2) is 0 Å². The number of hydrogen-bond acceptors (Lipinski definition) is 7. The molecular weight excluding hydrogens is 366 g/mol. The standard InChI is InChI=1S/C18H21N5O3S/c1-5-23-16(13-6-8-14(25-4)9-7-13)20-21-18(23)27-12(3)17(24)19-15-10-11(2)26-22-15/h6-10,12H,5H2,1-4H3,(H,19,22,24). The molecule has 0 aliphatic heterocycles. The third kappa shape index (κ3) is 4.30. The van der Waals surface area contributed by atoms with Gasteiger partial charge >= 0.3 is 0 Å². The van der Waals surface area contributed by atoms with Gasteiger partial charge in [0.05, 0.1) is 12.4 Å². The number of anilines is 1. The van der Waals surface area contributed by atoms with Crippen LogP contribution >= 0.6 is 11.8 Å². The summed E-state index contributed by atoms with van der Waals surface area (Å²) in [5.41, 5.74) is 0.937. The Morgan fingerprint density at radius 3 is 2.67 bits per heavy atom. The van der Waals surface area contributed by atoms with Crippen molar-refractivity contribution in [2.45, 2.75) is 37.7 Å². The number of amides is 1. The van der Waals surface area contributed by atoms with Crippen LogP contribution in [0.15, 0.2) is 40.0 Å². The maximum absolute atomic E-state index is 12.4. The summed E-state index contributed by atoms with van der Waals surface area (Å²) in [4.78, 5) is 12.4. The number of methoxy groups -OCH3 is 1. The topological polar surface area (TPSA) is 95.1 Å². The van der Waals surface area contributed by atoms with Crippen LogP contribution in [0.4, 0.5) is 5.82 Å². The molecule has 1 unspecified atom stereocenters. The van der Waals surface area contributed by atoms with E-state index in [0.717, 1.165) is 17.1 Å². The molecule has 3 rings (SSSR count). The number of nitrogens with zero attached hydrogens (tertiary/aromatic N) is 4. The molecule has 8 nitrogen and oxygen atoms in total. The van der Waals surface area contributed by atoms with E-state index in [4.69, 9.17) is 9.26 Å². The zero-order valence-corrected chi connectivity index (χ0v) is 16.4. The maximum atomic E-state index is 12.4. The van der Waals surface area contributed by atoms with Crippen molar-refractivity contribution in [2.75, 3.05) is 12.4 Å². The summed E-state index contributed by atoms with van der Waals surface area (Å²) in [5.74, 6) is 2.40. The summed E-state index contributed by atoms with van der Waals surface area (Å²) in [6.07, 6.45) is 0. The maximum Gasteiger partial charge on any atom is 0.238 e. The number of hydrogen-bond donors (Lipinski definition) is 1.